The van der Waals surface area contributed by atoms with Gasteiger partial charge in [0.05, 0.1) is 6.61 Å². The predicted molar refractivity (Wildman–Crippen MR) is 114 cm³/mol. The Morgan fingerprint density at radius 1 is 0.935 bits per heavy atom. The van der Waals surface area contributed by atoms with E-state index < -0.39 is 29.3 Å². The third-order valence-corrected chi connectivity index (χ3v) is 4.10. The van der Waals surface area contributed by atoms with Crippen LogP contribution in [0.1, 0.15) is 31.1 Å². The molecule has 1 unspecified atom stereocenters. The Morgan fingerprint density at radius 3 is 1.97 bits per heavy atom. The van der Waals surface area contributed by atoms with Crippen LogP contribution >= 0.6 is 0 Å². The summed E-state index contributed by atoms with van der Waals surface area (Å²) in [6, 6.07) is 12.2. The Balaban J connectivity index is 2.10. The van der Waals surface area contributed by atoms with Crippen molar-refractivity contribution in [3.05, 3.63) is 54.1 Å². The van der Waals surface area contributed by atoms with Crippen LogP contribution in [0.25, 0.3) is 11.1 Å². The number of aliphatic hydroxyl groups excluding tert-OH is 1. The molecule has 0 saturated heterocycles. The van der Waals surface area contributed by atoms with Crippen LogP contribution < -0.4 is 20.9 Å². The molecule has 0 aliphatic heterocycles. The van der Waals surface area contributed by atoms with E-state index in [0.29, 0.717) is 5.75 Å². The quantitative estimate of drug-likeness (QED) is 0.243. The number of ether oxygens (including phenoxy) is 1. The predicted octanol–water partition coefficient (Wildman–Crippen LogP) is 1.24. The average molecular weight is 429 g/mol. The SMILES string of the molecule is CC(C)(C)NC(=O)C(NC(=O)c1ccc(-c2ccc(OCCO)cc2)cc1)C(=O)NO. The molecule has 9 nitrogen and oxygen atoms in total. The van der Waals surface area contributed by atoms with Crippen molar-refractivity contribution in [2.45, 2.75) is 32.4 Å². The fraction of sp³-hybridized carbons (Fsp3) is 0.318. The van der Waals surface area contributed by atoms with Gasteiger partial charge in [0.25, 0.3) is 17.7 Å². The zero-order valence-corrected chi connectivity index (χ0v) is 17.6. The van der Waals surface area contributed by atoms with Gasteiger partial charge in [-0.3, -0.25) is 19.6 Å². The topological polar surface area (TPSA) is 137 Å². The first-order valence-corrected chi connectivity index (χ1v) is 9.65. The maximum atomic E-state index is 12.5. The Kier molecular flexibility index (Phi) is 8.12. The third-order valence-electron chi connectivity index (χ3n) is 4.10. The zero-order valence-electron chi connectivity index (χ0n) is 17.6. The summed E-state index contributed by atoms with van der Waals surface area (Å²) < 4.78 is 5.33. The van der Waals surface area contributed by atoms with Gasteiger partial charge in [-0.05, 0) is 56.2 Å². The summed E-state index contributed by atoms with van der Waals surface area (Å²) in [4.78, 5) is 36.8. The number of carbonyl (C=O) groups is 3. The van der Waals surface area contributed by atoms with E-state index in [4.69, 9.17) is 15.1 Å². The molecule has 0 heterocycles. The molecule has 0 aliphatic carbocycles. The van der Waals surface area contributed by atoms with Crippen molar-refractivity contribution in [1.82, 2.24) is 16.1 Å². The maximum absolute atomic E-state index is 12.5. The molecule has 2 aromatic rings. The Hall–Kier alpha value is -3.43. The lowest BCUT2D eigenvalue weighted by Crippen LogP contribution is -2.57. The number of aliphatic hydroxyl groups is 1. The highest BCUT2D eigenvalue weighted by Crippen LogP contribution is 2.23. The summed E-state index contributed by atoms with van der Waals surface area (Å²) in [5.41, 5.74) is 2.75. The van der Waals surface area contributed by atoms with Crippen molar-refractivity contribution in [3.63, 3.8) is 0 Å². The molecule has 5 N–H and O–H groups in total. The maximum Gasteiger partial charge on any atom is 0.275 e. The minimum Gasteiger partial charge on any atom is -0.491 e. The summed E-state index contributed by atoms with van der Waals surface area (Å²) in [6.07, 6.45) is 0. The van der Waals surface area contributed by atoms with E-state index in [0.717, 1.165) is 11.1 Å². The number of hydrogen-bond acceptors (Lipinski definition) is 6. The fourth-order valence-corrected chi connectivity index (χ4v) is 2.69. The summed E-state index contributed by atoms with van der Waals surface area (Å²) in [5.74, 6) is -1.80. The molecule has 31 heavy (non-hydrogen) atoms. The van der Waals surface area contributed by atoms with Gasteiger partial charge in [0.2, 0.25) is 0 Å². The van der Waals surface area contributed by atoms with Gasteiger partial charge >= 0.3 is 0 Å². The monoisotopic (exact) mass is 429 g/mol. The van der Waals surface area contributed by atoms with Crippen LogP contribution in [-0.4, -0.2) is 52.8 Å². The second-order valence-electron chi connectivity index (χ2n) is 7.80. The van der Waals surface area contributed by atoms with Crippen molar-refractivity contribution >= 4 is 17.7 Å². The number of nitrogens with one attached hydrogen (secondary N) is 3. The van der Waals surface area contributed by atoms with E-state index >= 15 is 0 Å². The van der Waals surface area contributed by atoms with Gasteiger partial charge in [-0.25, -0.2) is 5.48 Å². The van der Waals surface area contributed by atoms with E-state index in [9.17, 15) is 14.4 Å². The smallest absolute Gasteiger partial charge is 0.275 e. The molecular weight excluding hydrogens is 402 g/mol. The molecule has 0 aliphatic rings. The molecule has 0 aromatic heterocycles. The Labute approximate surface area is 180 Å². The number of amides is 3. The molecule has 9 heteroatoms. The lowest BCUT2D eigenvalue weighted by Gasteiger charge is -2.24. The van der Waals surface area contributed by atoms with Crippen LogP contribution in [0.2, 0.25) is 0 Å². The Morgan fingerprint density at radius 2 is 1.48 bits per heavy atom. The zero-order chi connectivity index (χ0) is 23.0. The van der Waals surface area contributed by atoms with E-state index in [2.05, 4.69) is 10.6 Å². The summed E-state index contributed by atoms with van der Waals surface area (Å²) in [6.45, 7) is 5.33. The number of benzene rings is 2. The molecule has 2 rings (SSSR count). The van der Waals surface area contributed by atoms with Crippen LogP contribution in [0.4, 0.5) is 0 Å². The molecule has 2 aromatic carbocycles. The first-order chi connectivity index (χ1) is 14.6. The summed E-state index contributed by atoms with van der Waals surface area (Å²) >= 11 is 0. The van der Waals surface area contributed by atoms with Gasteiger partial charge in [-0.2, -0.15) is 0 Å². The molecule has 166 valence electrons. The van der Waals surface area contributed by atoms with Crippen LogP contribution in [0, 0.1) is 0 Å². The number of hydrogen-bond donors (Lipinski definition) is 5. The number of rotatable bonds is 8. The fourth-order valence-electron chi connectivity index (χ4n) is 2.69. The van der Waals surface area contributed by atoms with E-state index in [-0.39, 0.29) is 18.8 Å². The molecule has 0 fully saturated rings. The molecule has 0 spiro atoms. The van der Waals surface area contributed by atoms with Crippen molar-refractivity contribution in [2.75, 3.05) is 13.2 Å². The van der Waals surface area contributed by atoms with Gasteiger partial charge in [-0.1, -0.05) is 24.3 Å². The highest BCUT2D eigenvalue weighted by Gasteiger charge is 2.31. The normalized spacial score (nSPS) is 11.9. The van der Waals surface area contributed by atoms with E-state index in [1.807, 2.05) is 12.1 Å². The van der Waals surface area contributed by atoms with Crippen molar-refractivity contribution in [2.24, 2.45) is 0 Å². The van der Waals surface area contributed by atoms with E-state index in [1.54, 1.807) is 57.2 Å². The first kappa shape index (κ1) is 23.8. The van der Waals surface area contributed by atoms with Crippen LogP contribution in [0.5, 0.6) is 5.75 Å². The second-order valence-corrected chi connectivity index (χ2v) is 7.80. The minimum atomic E-state index is -1.59. The standard InChI is InChI=1S/C22H27N3O6/c1-22(2,3)24-20(28)18(21(29)25-30)23-19(27)16-6-4-14(5-7-16)15-8-10-17(11-9-15)31-13-12-26/h4-11,18,26,30H,12-13H2,1-3H3,(H,23,27)(H,24,28)(H,25,29). The van der Waals surface area contributed by atoms with Crippen molar-refractivity contribution in [3.8, 4) is 16.9 Å². The van der Waals surface area contributed by atoms with Crippen molar-refractivity contribution in [1.29, 1.82) is 0 Å². The first-order valence-electron chi connectivity index (χ1n) is 9.65. The number of hydroxylamine groups is 1. The molecule has 1 atom stereocenters. The van der Waals surface area contributed by atoms with Gasteiger partial charge < -0.3 is 20.5 Å². The van der Waals surface area contributed by atoms with E-state index in [1.165, 1.54) is 5.48 Å². The highest BCUT2D eigenvalue weighted by molar-refractivity contribution is 6.09. The van der Waals surface area contributed by atoms with Crippen molar-refractivity contribution < 1.29 is 29.4 Å². The van der Waals surface area contributed by atoms with Crippen LogP contribution in [-0.2, 0) is 9.59 Å². The van der Waals surface area contributed by atoms with Gasteiger partial charge in [0.1, 0.15) is 12.4 Å². The largest absolute Gasteiger partial charge is 0.491 e. The number of carbonyl (C=O) groups excluding carboxylic acids is 3. The van der Waals surface area contributed by atoms with Gasteiger partial charge in [-0.15, -0.1) is 0 Å². The third kappa shape index (κ3) is 7.09. The lowest BCUT2D eigenvalue weighted by atomic mass is 10.0. The lowest BCUT2D eigenvalue weighted by molar-refractivity contribution is -0.138. The van der Waals surface area contributed by atoms with Gasteiger partial charge in [0.15, 0.2) is 6.04 Å². The molecule has 0 saturated carbocycles. The highest BCUT2D eigenvalue weighted by atomic mass is 16.5. The Bertz CT molecular complexity index is 904. The molecule has 3 amide bonds. The molecule has 0 bridgehead atoms. The van der Waals surface area contributed by atoms with Crippen LogP contribution in [0.15, 0.2) is 48.5 Å². The summed E-state index contributed by atoms with van der Waals surface area (Å²) in [5, 5.41) is 22.6. The van der Waals surface area contributed by atoms with Crippen LogP contribution in [0.3, 0.4) is 0 Å². The summed E-state index contributed by atoms with van der Waals surface area (Å²) in [7, 11) is 0. The minimum absolute atomic E-state index is 0.0655. The molecule has 0 radical (unpaired) electrons. The average Bonchev–Trinajstić information content (AvgIpc) is 2.74. The molecular formula is C22H27N3O6. The second kappa shape index (κ2) is 10.6. The van der Waals surface area contributed by atoms with Gasteiger partial charge in [0, 0.05) is 11.1 Å².